The van der Waals surface area contributed by atoms with Gasteiger partial charge < -0.3 is 10.4 Å². The first-order valence-corrected chi connectivity index (χ1v) is 4.18. The molecule has 4 N–H and O–H groups in total. The fourth-order valence-electron chi connectivity index (χ4n) is 1.40. The molecule has 0 spiro atoms. The molecule has 0 saturated carbocycles. The van der Waals surface area contributed by atoms with Crippen LogP contribution in [-0.2, 0) is 0 Å². The predicted molar refractivity (Wildman–Crippen MR) is 54.9 cm³/mol. The predicted octanol–water partition coefficient (Wildman–Crippen LogP) is 0.517. The van der Waals surface area contributed by atoms with Crippen LogP contribution in [0.3, 0.4) is 0 Å². The minimum atomic E-state index is -0.133. The van der Waals surface area contributed by atoms with Gasteiger partial charge in [0.25, 0.3) is 0 Å². The van der Waals surface area contributed by atoms with Crippen molar-refractivity contribution in [2.75, 3.05) is 5.43 Å². The summed E-state index contributed by atoms with van der Waals surface area (Å²) in [6, 6.07) is 4.94. The molecule has 2 rings (SSSR count). The number of aromatic nitrogens is 2. The zero-order chi connectivity index (χ0) is 10.1. The number of nitrogens with two attached hydrogens (primary N) is 1. The number of pyridine rings is 2. The van der Waals surface area contributed by atoms with Crippen LogP contribution in [0.1, 0.15) is 5.69 Å². The van der Waals surface area contributed by atoms with Gasteiger partial charge in [-0.15, -0.1) is 0 Å². The molecule has 0 fully saturated rings. The van der Waals surface area contributed by atoms with Gasteiger partial charge in [-0.25, -0.2) is 10.8 Å². The third-order valence-electron chi connectivity index (χ3n) is 1.98. The van der Waals surface area contributed by atoms with E-state index in [4.69, 9.17) is 5.84 Å². The van der Waals surface area contributed by atoms with Crippen LogP contribution in [0.4, 0.5) is 5.82 Å². The van der Waals surface area contributed by atoms with E-state index in [2.05, 4.69) is 15.4 Å². The summed E-state index contributed by atoms with van der Waals surface area (Å²) in [4.78, 5) is 18.0. The lowest BCUT2D eigenvalue weighted by molar-refractivity contribution is 1.17. The van der Waals surface area contributed by atoms with Gasteiger partial charge in [0, 0.05) is 17.1 Å². The van der Waals surface area contributed by atoms with E-state index in [0.717, 1.165) is 16.6 Å². The summed E-state index contributed by atoms with van der Waals surface area (Å²) in [7, 11) is 0. The van der Waals surface area contributed by atoms with Crippen LogP contribution in [0, 0.1) is 6.92 Å². The Morgan fingerprint density at radius 1 is 1.50 bits per heavy atom. The molecule has 0 aromatic carbocycles. The van der Waals surface area contributed by atoms with E-state index in [0.29, 0.717) is 5.82 Å². The number of rotatable bonds is 1. The summed E-state index contributed by atoms with van der Waals surface area (Å²) in [6.45, 7) is 1.84. The van der Waals surface area contributed by atoms with E-state index in [1.165, 1.54) is 6.07 Å². The fraction of sp³-hybridized carbons (Fsp3) is 0.111. The largest absolute Gasteiger partial charge is 0.322 e. The highest BCUT2D eigenvalue weighted by Gasteiger charge is 2.02. The number of hydrazine groups is 1. The van der Waals surface area contributed by atoms with E-state index in [1.807, 2.05) is 6.92 Å². The van der Waals surface area contributed by atoms with Gasteiger partial charge in [0.05, 0.1) is 5.52 Å². The zero-order valence-electron chi connectivity index (χ0n) is 7.66. The van der Waals surface area contributed by atoms with E-state index in [9.17, 15) is 4.79 Å². The smallest absolute Gasteiger partial charge is 0.248 e. The zero-order valence-corrected chi connectivity index (χ0v) is 7.66. The third-order valence-corrected chi connectivity index (χ3v) is 1.98. The number of H-pyrrole nitrogens is 1. The molecular formula is C9H10N4O. The number of hydrogen-bond donors (Lipinski definition) is 3. The van der Waals surface area contributed by atoms with Crippen LogP contribution < -0.4 is 16.8 Å². The van der Waals surface area contributed by atoms with E-state index in [1.54, 1.807) is 12.1 Å². The first kappa shape index (κ1) is 8.71. The van der Waals surface area contributed by atoms with Crippen molar-refractivity contribution in [1.82, 2.24) is 9.97 Å². The van der Waals surface area contributed by atoms with Gasteiger partial charge in [-0.2, -0.15) is 0 Å². The van der Waals surface area contributed by atoms with Crippen molar-refractivity contribution in [2.45, 2.75) is 6.92 Å². The molecule has 0 saturated heterocycles. The van der Waals surface area contributed by atoms with Crippen LogP contribution in [0.2, 0.25) is 0 Å². The summed E-state index contributed by atoms with van der Waals surface area (Å²) in [5.41, 5.74) is 3.90. The fourth-order valence-corrected chi connectivity index (χ4v) is 1.40. The summed E-state index contributed by atoms with van der Waals surface area (Å²) in [6.07, 6.45) is 0. The Bertz CT molecular complexity index is 532. The van der Waals surface area contributed by atoms with Gasteiger partial charge in [0.15, 0.2) is 0 Å². The number of fused-ring (bicyclic) bond motifs is 1. The van der Waals surface area contributed by atoms with Crippen molar-refractivity contribution < 1.29 is 0 Å². The SMILES string of the molecule is Cc1cc2[nH]c(=O)ccc2c(NN)n1. The van der Waals surface area contributed by atoms with Gasteiger partial charge in [-0.1, -0.05) is 0 Å². The summed E-state index contributed by atoms with van der Waals surface area (Å²) in [5.74, 6) is 5.88. The molecule has 72 valence electrons. The van der Waals surface area contributed by atoms with Gasteiger partial charge in [0.1, 0.15) is 5.82 Å². The minimum Gasteiger partial charge on any atom is -0.322 e. The van der Waals surface area contributed by atoms with Gasteiger partial charge in [0.2, 0.25) is 5.56 Å². The second kappa shape index (κ2) is 3.12. The Labute approximate surface area is 79.9 Å². The Hall–Kier alpha value is -1.88. The normalized spacial score (nSPS) is 10.4. The highest BCUT2D eigenvalue weighted by Crippen LogP contribution is 2.18. The van der Waals surface area contributed by atoms with Crippen LogP contribution >= 0.6 is 0 Å². The Morgan fingerprint density at radius 2 is 2.29 bits per heavy atom. The Morgan fingerprint density at radius 3 is 3.00 bits per heavy atom. The molecule has 0 atom stereocenters. The molecule has 14 heavy (non-hydrogen) atoms. The summed E-state index contributed by atoms with van der Waals surface area (Å²) in [5, 5.41) is 0.803. The number of hydrogen-bond acceptors (Lipinski definition) is 4. The molecule has 0 aliphatic heterocycles. The number of nitrogens with one attached hydrogen (secondary N) is 2. The van der Waals surface area contributed by atoms with Gasteiger partial charge in [-0.3, -0.25) is 4.79 Å². The molecule has 0 aliphatic rings. The molecule has 5 nitrogen and oxygen atoms in total. The lowest BCUT2D eigenvalue weighted by Gasteiger charge is -2.05. The standard InChI is InChI=1S/C9H10N4O/c1-5-4-7-6(9(11-5)13-10)2-3-8(14)12-7/h2-4H,10H2,1H3,(H,11,13)(H,12,14). The number of nitrogen functional groups attached to an aromatic ring is 1. The second-order valence-corrected chi connectivity index (χ2v) is 3.04. The van der Waals surface area contributed by atoms with Crippen LogP contribution in [-0.4, -0.2) is 9.97 Å². The Balaban J connectivity index is 2.87. The summed E-state index contributed by atoms with van der Waals surface area (Å²) >= 11 is 0. The summed E-state index contributed by atoms with van der Waals surface area (Å²) < 4.78 is 0. The van der Waals surface area contributed by atoms with Crippen LogP contribution in [0.25, 0.3) is 10.9 Å². The van der Waals surface area contributed by atoms with Crippen molar-refractivity contribution in [1.29, 1.82) is 0 Å². The molecular weight excluding hydrogens is 180 g/mol. The van der Waals surface area contributed by atoms with Gasteiger partial charge in [-0.05, 0) is 19.1 Å². The van der Waals surface area contributed by atoms with Crippen LogP contribution in [0.5, 0.6) is 0 Å². The molecule has 0 aliphatic carbocycles. The maximum Gasteiger partial charge on any atom is 0.248 e. The highest BCUT2D eigenvalue weighted by atomic mass is 16.1. The maximum atomic E-state index is 11.1. The van der Waals surface area contributed by atoms with Crippen molar-refractivity contribution in [2.24, 2.45) is 5.84 Å². The lowest BCUT2D eigenvalue weighted by Crippen LogP contribution is -2.11. The van der Waals surface area contributed by atoms with Crippen molar-refractivity contribution in [3.8, 4) is 0 Å². The molecule has 5 heteroatoms. The third kappa shape index (κ3) is 1.33. The quantitative estimate of drug-likeness (QED) is 0.452. The maximum absolute atomic E-state index is 11.1. The van der Waals surface area contributed by atoms with Crippen molar-refractivity contribution >= 4 is 16.7 Å². The second-order valence-electron chi connectivity index (χ2n) is 3.04. The minimum absolute atomic E-state index is 0.133. The first-order chi connectivity index (χ1) is 6.70. The molecule has 0 amide bonds. The monoisotopic (exact) mass is 190 g/mol. The molecule has 0 radical (unpaired) electrons. The number of aryl methyl sites for hydroxylation is 1. The average molecular weight is 190 g/mol. The number of anilines is 1. The molecule has 2 aromatic heterocycles. The van der Waals surface area contributed by atoms with Crippen LogP contribution in [0.15, 0.2) is 23.0 Å². The number of aromatic amines is 1. The topological polar surface area (TPSA) is 83.8 Å². The average Bonchev–Trinajstić information content (AvgIpc) is 2.15. The number of nitrogens with zero attached hydrogens (tertiary/aromatic N) is 1. The van der Waals surface area contributed by atoms with E-state index in [-0.39, 0.29) is 5.56 Å². The first-order valence-electron chi connectivity index (χ1n) is 4.18. The van der Waals surface area contributed by atoms with Crippen molar-refractivity contribution in [3.05, 3.63) is 34.2 Å². The van der Waals surface area contributed by atoms with E-state index >= 15 is 0 Å². The van der Waals surface area contributed by atoms with E-state index < -0.39 is 0 Å². The molecule has 0 unspecified atom stereocenters. The Kier molecular flexibility index (Phi) is 1.94. The van der Waals surface area contributed by atoms with Crippen molar-refractivity contribution in [3.63, 3.8) is 0 Å². The molecule has 2 aromatic rings. The highest BCUT2D eigenvalue weighted by molar-refractivity contribution is 5.88. The van der Waals surface area contributed by atoms with Gasteiger partial charge >= 0.3 is 0 Å². The molecule has 2 heterocycles. The lowest BCUT2D eigenvalue weighted by atomic mass is 10.2. The molecule has 0 bridgehead atoms.